The summed E-state index contributed by atoms with van der Waals surface area (Å²) in [4.78, 5) is 7.43. The highest BCUT2D eigenvalue weighted by molar-refractivity contribution is 6.41. The fourth-order valence-electron chi connectivity index (χ4n) is 4.43. The number of nitrogens with one attached hydrogen (secondary N) is 2. The minimum atomic E-state index is 0.870. The van der Waals surface area contributed by atoms with Crippen LogP contribution in [0.15, 0.2) is 72.9 Å². The normalized spacial score (nSPS) is 15.4. The molecule has 0 amide bonds. The maximum atomic E-state index is 6.76. The molecule has 0 radical (unpaired) electrons. The van der Waals surface area contributed by atoms with Gasteiger partial charge < -0.3 is 4.90 Å². The highest BCUT2D eigenvalue weighted by atomic mass is 35.5. The molecule has 0 bridgehead atoms. The number of aromatic nitrogens is 1. The number of aromatic amines is 1. The number of anilines is 1. The van der Waals surface area contributed by atoms with Gasteiger partial charge in [0.05, 0.1) is 11.2 Å². The van der Waals surface area contributed by atoms with Crippen molar-refractivity contribution >= 4 is 39.0 Å². The number of hydrogen-bond acceptors (Lipinski definition) is 1. The molecule has 0 unspecified atom stereocenters. The molecule has 5 rings (SSSR count). The van der Waals surface area contributed by atoms with E-state index in [0.717, 1.165) is 48.5 Å². The van der Waals surface area contributed by atoms with Crippen molar-refractivity contribution in [2.24, 2.45) is 0 Å². The van der Waals surface area contributed by atoms with Gasteiger partial charge in [0.2, 0.25) is 0 Å². The molecule has 4 heteroatoms. The molecule has 0 aliphatic carbocycles. The SMILES string of the molecule is Clc1c2ccccc2c(C[NH+]2CCN(c3cccc[nH+]3)CC2)c2ccccc12. The smallest absolute Gasteiger partial charge is 0.274 e. The van der Waals surface area contributed by atoms with Crippen molar-refractivity contribution in [3.8, 4) is 0 Å². The Morgan fingerprint density at radius 1 is 0.786 bits per heavy atom. The minimum Gasteiger partial charge on any atom is -0.325 e. The number of halogens is 1. The van der Waals surface area contributed by atoms with E-state index in [-0.39, 0.29) is 0 Å². The summed E-state index contributed by atoms with van der Waals surface area (Å²) in [6.45, 7) is 5.44. The summed E-state index contributed by atoms with van der Waals surface area (Å²) in [6.07, 6.45) is 2.00. The van der Waals surface area contributed by atoms with Crippen LogP contribution < -0.4 is 14.8 Å². The lowest BCUT2D eigenvalue weighted by atomic mass is 9.96. The number of nitrogens with zero attached hydrogens (tertiary/aromatic N) is 1. The third-order valence-corrected chi connectivity index (χ3v) is 6.32. The Morgan fingerprint density at radius 2 is 1.36 bits per heavy atom. The Bertz CT molecular complexity index is 1060. The van der Waals surface area contributed by atoms with E-state index in [1.807, 2.05) is 12.3 Å². The quantitative estimate of drug-likeness (QED) is 0.533. The van der Waals surface area contributed by atoms with Crippen LogP contribution in [0.2, 0.25) is 5.02 Å². The molecule has 1 aliphatic rings. The fraction of sp³-hybridized carbons (Fsp3) is 0.208. The van der Waals surface area contributed by atoms with E-state index in [2.05, 4.69) is 70.5 Å². The van der Waals surface area contributed by atoms with Crippen LogP contribution in [0.5, 0.6) is 0 Å². The number of piperazine rings is 1. The molecule has 1 aliphatic heterocycles. The number of quaternary nitrogens is 1. The Labute approximate surface area is 170 Å². The van der Waals surface area contributed by atoms with Crippen LogP contribution in [0.1, 0.15) is 5.56 Å². The first-order valence-electron chi connectivity index (χ1n) is 9.94. The molecular formula is C24H24ClN3+2. The molecule has 2 N–H and O–H groups in total. The summed E-state index contributed by atoms with van der Waals surface area (Å²) in [5.74, 6) is 1.21. The molecule has 0 atom stereocenters. The molecule has 1 saturated heterocycles. The molecule has 0 saturated carbocycles. The van der Waals surface area contributed by atoms with E-state index in [1.165, 1.54) is 22.2 Å². The average Bonchev–Trinajstić information content (AvgIpc) is 2.78. The average molecular weight is 390 g/mol. The molecule has 3 nitrogen and oxygen atoms in total. The zero-order chi connectivity index (χ0) is 18.9. The minimum absolute atomic E-state index is 0.870. The van der Waals surface area contributed by atoms with Crippen LogP contribution in [-0.4, -0.2) is 26.2 Å². The molecule has 1 aromatic heterocycles. The van der Waals surface area contributed by atoms with Gasteiger partial charge in [-0.05, 0) is 16.8 Å². The number of hydrogen-bond donors (Lipinski definition) is 1. The fourth-order valence-corrected chi connectivity index (χ4v) is 4.76. The van der Waals surface area contributed by atoms with Crippen molar-refractivity contribution in [3.63, 3.8) is 0 Å². The zero-order valence-electron chi connectivity index (χ0n) is 15.8. The first kappa shape index (κ1) is 17.5. The van der Waals surface area contributed by atoms with E-state index in [0.29, 0.717) is 0 Å². The molecule has 4 aromatic rings. The lowest BCUT2D eigenvalue weighted by molar-refractivity contribution is -0.914. The first-order valence-corrected chi connectivity index (χ1v) is 10.3. The second kappa shape index (κ2) is 7.42. The van der Waals surface area contributed by atoms with E-state index in [1.54, 1.807) is 4.90 Å². The van der Waals surface area contributed by atoms with E-state index >= 15 is 0 Å². The van der Waals surface area contributed by atoms with Gasteiger partial charge in [0.25, 0.3) is 5.82 Å². The van der Waals surface area contributed by atoms with Crippen molar-refractivity contribution in [1.82, 2.24) is 0 Å². The number of H-pyrrole nitrogens is 1. The Hall–Kier alpha value is -2.62. The van der Waals surface area contributed by atoms with Gasteiger partial charge in [-0.3, -0.25) is 4.90 Å². The van der Waals surface area contributed by atoms with E-state index in [9.17, 15) is 0 Å². The second-order valence-electron chi connectivity index (χ2n) is 7.55. The van der Waals surface area contributed by atoms with Crippen LogP contribution in [0.4, 0.5) is 5.82 Å². The van der Waals surface area contributed by atoms with Crippen molar-refractivity contribution in [3.05, 3.63) is 83.5 Å². The van der Waals surface area contributed by atoms with Crippen molar-refractivity contribution in [2.75, 3.05) is 31.1 Å². The van der Waals surface area contributed by atoms with Crippen molar-refractivity contribution in [1.29, 1.82) is 0 Å². The van der Waals surface area contributed by atoms with Gasteiger partial charge in [0.1, 0.15) is 32.7 Å². The van der Waals surface area contributed by atoms with Crippen LogP contribution in [-0.2, 0) is 6.54 Å². The monoisotopic (exact) mass is 389 g/mol. The number of rotatable bonds is 3. The van der Waals surface area contributed by atoms with Crippen LogP contribution >= 0.6 is 11.6 Å². The molecule has 140 valence electrons. The maximum absolute atomic E-state index is 6.76. The first-order chi connectivity index (χ1) is 13.8. The van der Waals surface area contributed by atoms with Gasteiger partial charge in [-0.2, -0.15) is 0 Å². The van der Waals surface area contributed by atoms with Crippen LogP contribution in [0.3, 0.4) is 0 Å². The van der Waals surface area contributed by atoms with Crippen molar-refractivity contribution in [2.45, 2.75) is 6.54 Å². The Balaban J connectivity index is 1.46. The molecule has 0 spiro atoms. The lowest BCUT2D eigenvalue weighted by Gasteiger charge is -2.29. The van der Waals surface area contributed by atoms with Gasteiger partial charge in [-0.25, -0.2) is 4.98 Å². The number of benzene rings is 3. The standard InChI is InChI=1S/C24H22ClN3/c25-24-20-9-3-1-7-18(20)22(19-8-2-4-10-21(19)24)17-27-13-15-28(16-14-27)23-11-5-6-12-26-23/h1-12H,13-17H2/p+2. The largest absolute Gasteiger partial charge is 0.325 e. The molecule has 1 fully saturated rings. The van der Waals surface area contributed by atoms with Gasteiger partial charge in [0.15, 0.2) is 0 Å². The summed E-state index contributed by atoms with van der Waals surface area (Å²) >= 11 is 6.76. The van der Waals surface area contributed by atoms with E-state index < -0.39 is 0 Å². The predicted molar refractivity (Wildman–Crippen MR) is 116 cm³/mol. The lowest BCUT2D eigenvalue weighted by Crippen LogP contribution is -3.13. The zero-order valence-corrected chi connectivity index (χ0v) is 16.5. The Kier molecular flexibility index (Phi) is 4.63. The van der Waals surface area contributed by atoms with Gasteiger partial charge >= 0.3 is 0 Å². The van der Waals surface area contributed by atoms with Gasteiger partial charge in [0, 0.05) is 22.4 Å². The third kappa shape index (κ3) is 3.11. The molecule has 2 heterocycles. The maximum Gasteiger partial charge on any atom is 0.274 e. The van der Waals surface area contributed by atoms with Crippen LogP contribution in [0, 0.1) is 0 Å². The summed E-state index contributed by atoms with van der Waals surface area (Å²) in [5.41, 5.74) is 1.42. The summed E-state index contributed by atoms with van der Waals surface area (Å²) < 4.78 is 0. The van der Waals surface area contributed by atoms with Crippen LogP contribution in [0.25, 0.3) is 21.5 Å². The highest BCUT2D eigenvalue weighted by Crippen LogP contribution is 2.35. The van der Waals surface area contributed by atoms with Crippen molar-refractivity contribution < 1.29 is 9.88 Å². The summed E-state index contributed by atoms with van der Waals surface area (Å²) in [5, 5.41) is 5.77. The third-order valence-electron chi connectivity index (χ3n) is 5.91. The second-order valence-corrected chi connectivity index (χ2v) is 7.92. The molecule has 3 aromatic carbocycles. The predicted octanol–water partition coefficient (Wildman–Crippen LogP) is 3.37. The number of pyridine rings is 1. The van der Waals surface area contributed by atoms with Gasteiger partial charge in [-0.15, -0.1) is 0 Å². The molecule has 28 heavy (non-hydrogen) atoms. The topological polar surface area (TPSA) is 21.8 Å². The summed E-state index contributed by atoms with van der Waals surface area (Å²) in [7, 11) is 0. The highest BCUT2D eigenvalue weighted by Gasteiger charge is 2.27. The summed E-state index contributed by atoms with van der Waals surface area (Å²) in [6, 6.07) is 23.4. The van der Waals surface area contributed by atoms with Gasteiger partial charge in [-0.1, -0.05) is 66.2 Å². The Morgan fingerprint density at radius 3 is 1.93 bits per heavy atom. The van der Waals surface area contributed by atoms with E-state index in [4.69, 9.17) is 11.6 Å². The number of fused-ring (bicyclic) bond motifs is 2. The molecular weight excluding hydrogens is 366 g/mol.